The summed E-state index contributed by atoms with van der Waals surface area (Å²) in [5.74, 6) is 0.663. The number of carbonyl (C=O) groups excluding carboxylic acids is 1. The number of benzene rings is 1. The molecule has 2 bridgehead atoms. The van der Waals surface area contributed by atoms with Crippen molar-refractivity contribution >= 4 is 56.9 Å². The minimum atomic E-state index is -0.531. The van der Waals surface area contributed by atoms with Gasteiger partial charge in [-0.2, -0.15) is 0 Å². The van der Waals surface area contributed by atoms with Gasteiger partial charge in [-0.25, -0.2) is 14.2 Å². The summed E-state index contributed by atoms with van der Waals surface area (Å²) in [4.78, 5) is 29.0. The summed E-state index contributed by atoms with van der Waals surface area (Å²) in [6.45, 7) is 5.30. The molecule has 45 heavy (non-hydrogen) atoms. The minimum Gasteiger partial charge on any atom is -0.453 e. The smallest absolute Gasteiger partial charge is 0.410 e. The number of halogens is 3. The Labute approximate surface area is 271 Å². The van der Waals surface area contributed by atoms with E-state index in [-0.39, 0.29) is 39.9 Å². The van der Waals surface area contributed by atoms with Crippen LogP contribution in [0.1, 0.15) is 44.0 Å². The van der Waals surface area contributed by atoms with E-state index in [1.807, 2.05) is 4.90 Å². The highest BCUT2D eigenvalue weighted by Gasteiger charge is 2.50. The van der Waals surface area contributed by atoms with Crippen LogP contribution >= 0.6 is 23.2 Å². The number of likely N-dealkylation sites (tertiary alicyclic amines) is 1. The third kappa shape index (κ3) is 4.21. The second kappa shape index (κ2) is 10.4. The molecule has 3 aromatic heterocycles. The largest absolute Gasteiger partial charge is 0.453 e. The Balaban J connectivity index is 1.41. The summed E-state index contributed by atoms with van der Waals surface area (Å²) >= 11 is 12.9. The second-order valence-electron chi connectivity index (χ2n) is 13.5. The van der Waals surface area contributed by atoms with Crippen LogP contribution in [0.4, 0.5) is 15.0 Å². The van der Waals surface area contributed by atoms with Crippen LogP contribution < -0.4 is 10.2 Å². The predicted octanol–water partition coefficient (Wildman–Crippen LogP) is 6.27. The van der Waals surface area contributed by atoms with Crippen LogP contribution in [0.2, 0.25) is 10.0 Å². The van der Waals surface area contributed by atoms with E-state index in [1.165, 1.54) is 7.11 Å². The highest BCUT2D eigenvalue weighted by molar-refractivity contribution is 6.43. The molecule has 7 heterocycles. The quantitative estimate of drug-likeness (QED) is 0.272. The van der Waals surface area contributed by atoms with Gasteiger partial charge < -0.3 is 24.4 Å². The van der Waals surface area contributed by atoms with Crippen molar-refractivity contribution in [3.8, 4) is 11.3 Å². The average molecular weight is 653 g/mol. The van der Waals surface area contributed by atoms with Crippen LogP contribution in [0, 0.1) is 11.7 Å². The van der Waals surface area contributed by atoms with E-state index in [4.69, 9.17) is 32.9 Å². The zero-order valence-electron chi connectivity index (χ0n) is 25.8. The normalized spacial score (nSPS) is 25.3. The molecule has 9 nitrogen and oxygen atoms in total. The van der Waals surface area contributed by atoms with Gasteiger partial charge in [0.15, 0.2) is 5.82 Å². The number of likely N-dealkylation sites (N-methyl/N-ethyl adjacent to an activating group) is 1. The molecule has 1 amide bonds. The Morgan fingerprint density at radius 2 is 2.02 bits per heavy atom. The van der Waals surface area contributed by atoms with E-state index in [0.29, 0.717) is 34.5 Å². The maximum Gasteiger partial charge on any atom is 0.410 e. The molecule has 5 aliphatic rings. The first-order chi connectivity index (χ1) is 21.6. The van der Waals surface area contributed by atoms with E-state index < -0.39 is 5.82 Å². The zero-order chi connectivity index (χ0) is 31.4. The number of pyridine rings is 2. The summed E-state index contributed by atoms with van der Waals surface area (Å²) in [5, 5.41) is 5.85. The zero-order valence-corrected chi connectivity index (χ0v) is 27.3. The molecule has 4 saturated heterocycles. The Kier molecular flexibility index (Phi) is 6.77. The van der Waals surface area contributed by atoms with Crippen molar-refractivity contribution in [3.63, 3.8) is 0 Å². The average Bonchev–Trinajstić information content (AvgIpc) is 3.81. The Morgan fingerprint density at radius 3 is 2.71 bits per heavy atom. The van der Waals surface area contributed by atoms with Gasteiger partial charge in [-0.3, -0.25) is 9.88 Å². The summed E-state index contributed by atoms with van der Waals surface area (Å²) in [6, 6.07) is 7.68. The number of nitrogens with one attached hydrogen (secondary N) is 1. The maximum absolute atomic E-state index is 16.8. The van der Waals surface area contributed by atoms with Crippen molar-refractivity contribution in [2.75, 3.05) is 52.3 Å². The third-order valence-electron chi connectivity index (χ3n) is 10.8. The summed E-state index contributed by atoms with van der Waals surface area (Å²) < 4.78 is 24.4. The number of hydrogen-bond acceptors (Lipinski definition) is 7. The first kappa shape index (κ1) is 29.2. The van der Waals surface area contributed by atoms with E-state index in [1.54, 1.807) is 24.4 Å². The summed E-state index contributed by atoms with van der Waals surface area (Å²) in [7, 11) is 5.60. The molecule has 4 atom stereocenters. The minimum absolute atomic E-state index is 0.0330. The van der Waals surface area contributed by atoms with Crippen LogP contribution in [0.5, 0.6) is 0 Å². The molecular weight excluding hydrogens is 616 g/mol. The fourth-order valence-electron chi connectivity index (χ4n) is 8.07. The van der Waals surface area contributed by atoms with Crippen LogP contribution in [-0.2, 0) is 4.74 Å². The van der Waals surface area contributed by atoms with Crippen molar-refractivity contribution in [2.45, 2.75) is 49.9 Å². The summed E-state index contributed by atoms with van der Waals surface area (Å²) in [5.41, 5.74) is 2.72. The highest BCUT2D eigenvalue weighted by Crippen LogP contribution is 2.51. The number of hydrogen-bond donors (Lipinski definition) is 1. The number of ether oxygens (including phenoxy) is 1. The maximum atomic E-state index is 16.8. The Hall–Kier alpha value is -3.18. The SMILES string of the molecule is COC(=O)N1CCC[C@@H]1c1cc2c(N3CC(C)(N(C)C)C3)nc3c(F)c(-c4cccc(Cl)c4Cl)ncc3c2n1[C@H]1[C@H]2CN[C@@H]1C2. The number of carbonyl (C=O) groups is 1. The van der Waals surface area contributed by atoms with Gasteiger partial charge in [0.05, 0.1) is 40.3 Å². The van der Waals surface area contributed by atoms with Crippen molar-refractivity contribution < 1.29 is 13.9 Å². The molecule has 12 heteroatoms. The first-order valence-electron chi connectivity index (χ1n) is 15.6. The standard InChI is InChI=1S/C33H36Cl2FN7O2/c1-33(40(2)3)15-41(16-33)31-19-12-24(23-9-6-10-42(23)32(44)45-4)43(29-17-11-22(29)37-13-17)30(19)20-14-38-27(26(36)28(20)39-31)18-7-5-8-21(34)25(18)35/h5,7-8,12,14,17,22-23,29,37H,6,9-11,13,15-16H2,1-4H3/t17-,22-,23-,29+/m1/s1. The molecule has 236 valence electrons. The van der Waals surface area contributed by atoms with Crippen molar-refractivity contribution in [2.24, 2.45) is 5.92 Å². The summed E-state index contributed by atoms with van der Waals surface area (Å²) in [6.07, 6.45) is 4.21. The lowest BCUT2D eigenvalue weighted by atomic mass is 9.79. The van der Waals surface area contributed by atoms with Crippen LogP contribution in [0.3, 0.4) is 0 Å². The second-order valence-corrected chi connectivity index (χ2v) is 14.3. The van der Waals surface area contributed by atoms with Gasteiger partial charge in [0.2, 0.25) is 0 Å². The number of nitrogens with zero attached hydrogens (tertiary/aromatic N) is 6. The molecule has 5 fully saturated rings. The topological polar surface area (TPSA) is 78.8 Å². The molecule has 1 aromatic carbocycles. The van der Waals surface area contributed by atoms with Crippen LogP contribution in [0.15, 0.2) is 30.5 Å². The molecule has 1 saturated carbocycles. The monoisotopic (exact) mass is 651 g/mol. The van der Waals surface area contributed by atoms with Gasteiger partial charge in [0.1, 0.15) is 17.0 Å². The van der Waals surface area contributed by atoms with Gasteiger partial charge in [-0.05, 0) is 58.3 Å². The molecule has 1 aliphatic carbocycles. The fraction of sp³-hybridized carbons (Fsp3) is 0.485. The number of fused-ring (bicyclic) bond motifs is 4. The lowest BCUT2D eigenvalue weighted by Crippen LogP contribution is -2.67. The van der Waals surface area contributed by atoms with E-state index in [9.17, 15) is 4.79 Å². The molecule has 0 spiro atoms. The van der Waals surface area contributed by atoms with Crippen molar-refractivity contribution in [1.82, 2.24) is 29.7 Å². The molecular formula is C33H36Cl2FN7O2. The van der Waals surface area contributed by atoms with Crippen molar-refractivity contribution in [1.29, 1.82) is 0 Å². The number of methoxy groups -OCH3 is 1. The van der Waals surface area contributed by atoms with Crippen LogP contribution in [0.25, 0.3) is 33.1 Å². The molecule has 0 radical (unpaired) electrons. The highest BCUT2D eigenvalue weighted by atomic mass is 35.5. The van der Waals surface area contributed by atoms with E-state index in [0.717, 1.165) is 61.3 Å². The Morgan fingerprint density at radius 1 is 1.22 bits per heavy atom. The lowest BCUT2D eigenvalue weighted by Gasteiger charge is -2.52. The number of aromatic nitrogens is 3. The number of anilines is 1. The molecule has 0 unspecified atom stereocenters. The van der Waals surface area contributed by atoms with Crippen molar-refractivity contribution in [3.05, 3.63) is 52.0 Å². The van der Waals surface area contributed by atoms with Gasteiger partial charge in [-0.15, -0.1) is 0 Å². The van der Waals surface area contributed by atoms with Gasteiger partial charge in [0, 0.05) is 60.4 Å². The van der Waals surface area contributed by atoms with E-state index >= 15 is 4.39 Å². The lowest BCUT2D eigenvalue weighted by molar-refractivity contribution is 0.116. The van der Waals surface area contributed by atoms with Gasteiger partial charge in [0.25, 0.3) is 0 Å². The molecule has 4 aromatic rings. The molecule has 9 rings (SSSR count). The fourth-order valence-corrected chi connectivity index (χ4v) is 8.46. The van der Waals surface area contributed by atoms with Gasteiger partial charge in [-0.1, -0.05) is 35.3 Å². The van der Waals surface area contributed by atoms with E-state index in [2.05, 4.69) is 51.8 Å². The number of rotatable bonds is 5. The molecule has 4 aliphatic heterocycles. The third-order valence-corrected chi connectivity index (χ3v) is 11.6. The van der Waals surface area contributed by atoms with Gasteiger partial charge >= 0.3 is 6.09 Å². The Bertz CT molecular complexity index is 1860. The predicted molar refractivity (Wildman–Crippen MR) is 175 cm³/mol. The number of amides is 1. The first-order valence-corrected chi connectivity index (χ1v) is 16.3. The van der Waals surface area contributed by atoms with Crippen LogP contribution in [-0.4, -0.2) is 89.4 Å². The molecule has 1 N–H and O–H groups in total.